The van der Waals surface area contributed by atoms with Gasteiger partial charge in [-0.2, -0.15) is 0 Å². The zero-order valence-corrected chi connectivity index (χ0v) is 27.6. The molecule has 45 heavy (non-hydrogen) atoms. The van der Waals surface area contributed by atoms with Crippen molar-refractivity contribution in [3.8, 4) is 0 Å². The van der Waals surface area contributed by atoms with Gasteiger partial charge in [-0.15, -0.1) is 44.2 Å². The Balaban J connectivity index is 0.00000461. The zero-order chi connectivity index (χ0) is 31.7. The summed E-state index contributed by atoms with van der Waals surface area (Å²) >= 11 is 0. The van der Waals surface area contributed by atoms with Crippen LogP contribution >= 0.6 is 0 Å². The number of ether oxygens (including phenoxy) is 2. The maximum atomic E-state index is 12.1. The Morgan fingerprint density at radius 3 is 1.71 bits per heavy atom. The van der Waals surface area contributed by atoms with Crippen molar-refractivity contribution in [2.45, 2.75) is 53.4 Å². The van der Waals surface area contributed by atoms with Gasteiger partial charge in [-0.1, -0.05) is 83.0 Å². The molecule has 8 bridgehead atoms. The molecule has 1 aliphatic rings. The van der Waals surface area contributed by atoms with Gasteiger partial charge in [0.05, 0.1) is 14.2 Å². The summed E-state index contributed by atoms with van der Waals surface area (Å²) < 4.78 is 9.86. The molecule has 0 atom stereocenters. The predicted molar refractivity (Wildman–Crippen MR) is 172 cm³/mol. The fourth-order valence-corrected chi connectivity index (χ4v) is 5.81. The third kappa shape index (κ3) is 6.37. The van der Waals surface area contributed by atoms with Gasteiger partial charge in [0.15, 0.2) is 0 Å². The molecule has 4 aromatic heterocycles. The SMILES string of the molecule is C=Cc1c2[n-]c(c1C)/C=c1\[n-]/c(c(C)c1C=C)=C\c1[n-]c(c(CCC(=O)OC)c1C)/C=c1\[n-]/c(c(C)c1CCC(=O)OC)=C\2.[Fe+4]. The molecule has 4 aromatic rings. The summed E-state index contributed by atoms with van der Waals surface area (Å²) in [5.74, 6) is -0.589. The van der Waals surface area contributed by atoms with Crippen LogP contribution in [0, 0.1) is 27.7 Å². The number of carbonyl (C=O) groups is 2. The van der Waals surface area contributed by atoms with E-state index >= 15 is 0 Å². The van der Waals surface area contributed by atoms with Crippen molar-refractivity contribution < 1.29 is 36.1 Å². The van der Waals surface area contributed by atoms with Crippen LogP contribution in [0.2, 0.25) is 0 Å². The van der Waals surface area contributed by atoms with Crippen LogP contribution in [-0.4, -0.2) is 26.2 Å². The molecule has 8 nitrogen and oxygen atoms in total. The second-order valence-electron chi connectivity index (χ2n) is 11.0. The van der Waals surface area contributed by atoms with E-state index < -0.39 is 0 Å². The van der Waals surface area contributed by atoms with Crippen LogP contribution in [0.4, 0.5) is 0 Å². The van der Waals surface area contributed by atoms with Crippen molar-refractivity contribution in [3.05, 3.63) is 102 Å². The fraction of sp³-hybridized carbons (Fsp3) is 0.278. The number of methoxy groups -OCH3 is 2. The molecule has 0 saturated heterocycles. The molecular weight excluding hydrogens is 608 g/mol. The first-order valence-corrected chi connectivity index (χ1v) is 14.5. The summed E-state index contributed by atoms with van der Waals surface area (Å²) in [5.41, 5.74) is 10.6. The number of fused-ring (bicyclic) bond motifs is 8. The van der Waals surface area contributed by atoms with E-state index in [1.165, 1.54) is 14.2 Å². The van der Waals surface area contributed by atoms with E-state index in [-0.39, 0.29) is 41.8 Å². The van der Waals surface area contributed by atoms with E-state index in [0.29, 0.717) is 23.9 Å². The van der Waals surface area contributed by atoms with Crippen molar-refractivity contribution in [2.75, 3.05) is 14.2 Å². The number of carbonyl (C=O) groups excluding carboxylic acids is 2. The first-order valence-electron chi connectivity index (χ1n) is 14.5. The Labute approximate surface area is 273 Å². The smallest absolute Gasteiger partial charge is 0.657 e. The van der Waals surface area contributed by atoms with Crippen LogP contribution in [0.15, 0.2) is 13.2 Å². The van der Waals surface area contributed by atoms with Crippen LogP contribution in [0.25, 0.3) is 36.5 Å². The van der Waals surface area contributed by atoms with Crippen LogP contribution in [0.1, 0.15) is 80.1 Å². The van der Waals surface area contributed by atoms with Gasteiger partial charge >= 0.3 is 29.0 Å². The van der Waals surface area contributed by atoms with Crippen molar-refractivity contribution in [3.63, 3.8) is 0 Å². The van der Waals surface area contributed by atoms with E-state index in [9.17, 15) is 9.59 Å². The van der Waals surface area contributed by atoms with Crippen LogP contribution in [0.3, 0.4) is 0 Å². The largest absolute Gasteiger partial charge is 4.00 e. The molecule has 0 saturated carbocycles. The number of nitrogens with zero attached hydrogens (tertiary/aromatic N) is 4. The van der Waals surface area contributed by atoms with Gasteiger partial charge in [0.25, 0.3) is 0 Å². The first-order chi connectivity index (χ1) is 21.1. The molecule has 0 aromatic carbocycles. The standard InChI is InChI=1S/C36H36N4O4.Fe/c1-9-23-19(3)27-15-28-21(5)25(11-13-35(41)43-7)33(39-28)18-34-26(12-14-36(42)44-8)22(6)30(40-34)17-32-24(10-2)20(4)29(38-32)16-31(23)37-27;/h9-10,15-18H,1-2,11-14H2,3-8H3;/q-4;+4/b27-15-,28-15?,29-16?,30-17-,31-16-,32-17?,33-18?,34-18-;. The molecule has 0 N–H and O–H groups in total. The van der Waals surface area contributed by atoms with Crippen molar-refractivity contribution in [1.29, 1.82) is 0 Å². The minimum Gasteiger partial charge on any atom is -0.657 e. The third-order valence-corrected chi connectivity index (χ3v) is 8.50. The summed E-state index contributed by atoms with van der Waals surface area (Å²) in [6, 6.07) is 0. The Bertz CT molecular complexity index is 2070. The summed E-state index contributed by atoms with van der Waals surface area (Å²) in [5, 5.41) is 3.02. The number of esters is 2. The quantitative estimate of drug-likeness (QED) is 0.186. The van der Waals surface area contributed by atoms with Gasteiger partial charge in [0, 0.05) is 12.8 Å². The summed E-state index contributed by atoms with van der Waals surface area (Å²) in [4.78, 5) is 44.3. The van der Waals surface area contributed by atoms with Crippen molar-refractivity contribution in [2.24, 2.45) is 0 Å². The topological polar surface area (TPSA) is 109 Å². The first kappa shape index (κ1) is 33.4. The molecular formula is C36H36FeN4O4. The second kappa shape index (κ2) is 13.7. The molecule has 0 aliphatic carbocycles. The molecule has 232 valence electrons. The molecule has 0 spiro atoms. The van der Waals surface area contributed by atoms with Gasteiger partial charge in [-0.05, 0) is 51.7 Å². The van der Waals surface area contributed by atoms with E-state index in [4.69, 9.17) is 29.4 Å². The molecule has 1 aliphatic heterocycles. The van der Waals surface area contributed by atoms with Gasteiger partial charge in [0.1, 0.15) is 0 Å². The fourth-order valence-electron chi connectivity index (χ4n) is 5.81. The zero-order valence-electron chi connectivity index (χ0n) is 26.5. The molecule has 9 heteroatoms. The maximum Gasteiger partial charge on any atom is 4.00 e. The third-order valence-electron chi connectivity index (χ3n) is 8.50. The average molecular weight is 645 g/mol. The number of hydrogen-bond acceptors (Lipinski definition) is 4. The summed E-state index contributed by atoms with van der Waals surface area (Å²) in [6.07, 6.45) is 12.8. The van der Waals surface area contributed by atoms with E-state index in [2.05, 4.69) is 13.2 Å². The van der Waals surface area contributed by atoms with Crippen LogP contribution < -0.4 is 41.3 Å². The molecule has 0 unspecified atom stereocenters. The molecule has 0 fully saturated rings. The molecule has 0 radical (unpaired) electrons. The summed E-state index contributed by atoms with van der Waals surface area (Å²) in [6.45, 7) is 16.2. The predicted octanol–water partition coefficient (Wildman–Crippen LogP) is 1.87. The number of hydrogen-bond donors (Lipinski definition) is 0. The van der Waals surface area contributed by atoms with Crippen molar-refractivity contribution >= 4 is 48.4 Å². The number of rotatable bonds is 8. The Hall–Kier alpha value is -4.46. The second-order valence-corrected chi connectivity index (χ2v) is 11.0. The van der Waals surface area contributed by atoms with Gasteiger partial charge < -0.3 is 29.4 Å². The van der Waals surface area contributed by atoms with Crippen molar-refractivity contribution in [1.82, 2.24) is 19.9 Å². The van der Waals surface area contributed by atoms with E-state index in [1.807, 2.05) is 64.2 Å². The Kier molecular flexibility index (Phi) is 10.2. The maximum absolute atomic E-state index is 12.1. The van der Waals surface area contributed by atoms with Crippen LogP contribution in [0.5, 0.6) is 0 Å². The van der Waals surface area contributed by atoms with Gasteiger partial charge in [0.2, 0.25) is 0 Å². The Morgan fingerprint density at radius 1 is 0.600 bits per heavy atom. The minimum atomic E-state index is -0.295. The normalized spacial score (nSPS) is 14.7. The van der Waals surface area contributed by atoms with Gasteiger partial charge in [-0.25, -0.2) is 0 Å². The average Bonchev–Trinajstić information content (AvgIpc) is 3.67. The van der Waals surface area contributed by atoms with Crippen LogP contribution in [-0.2, 0) is 49.0 Å². The number of aromatic nitrogens is 4. The molecule has 5 heterocycles. The summed E-state index contributed by atoms with van der Waals surface area (Å²) in [7, 11) is 2.78. The molecule has 5 rings (SSSR count). The van der Waals surface area contributed by atoms with E-state index in [0.717, 1.165) is 77.6 Å². The monoisotopic (exact) mass is 644 g/mol. The minimum absolute atomic E-state index is 0. The van der Waals surface area contributed by atoms with E-state index in [1.54, 1.807) is 0 Å². The Morgan fingerprint density at radius 2 is 1.09 bits per heavy atom. The van der Waals surface area contributed by atoms with Gasteiger partial charge in [-0.3, -0.25) is 9.59 Å². The molecule has 0 amide bonds.